The lowest BCUT2D eigenvalue weighted by molar-refractivity contribution is -0.394. The van der Waals surface area contributed by atoms with Crippen LogP contribution in [0.25, 0.3) is 0 Å². The van der Waals surface area contributed by atoms with Crippen molar-refractivity contribution in [2.45, 2.75) is 20.8 Å². The fourth-order valence-electron chi connectivity index (χ4n) is 0.908. The van der Waals surface area contributed by atoms with E-state index in [9.17, 15) is 25.0 Å². The summed E-state index contributed by atoms with van der Waals surface area (Å²) < 4.78 is 0. The molecule has 0 saturated carbocycles. The zero-order valence-electron chi connectivity index (χ0n) is 9.67. The van der Waals surface area contributed by atoms with Crippen molar-refractivity contribution in [3.05, 3.63) is 44.0 Å². The molecule has 1 aromatic rings. The molecule has 7 nitrogen and oxygen atoms in total. The van der Waals surface area contributed by atoms with Crippen LogP contribution < -0.4 is 0 Å². The van der Waals surface area contributed by atoms with Gasteiger partial charge in [-0.2, -0.15) is 0 Å². The Morgan fingerprint density at radius 3 is 1.94 bits per heavy atom. The minimum absolute atomic E-state index is 0.167. The highest BCUT2D eigenvalue weighted by Gasteiger charge is 2.15. The number of nitrogens with zero attached hydrogens (tertiary/aromatic N) is 2. The summed E-state index contributed by atoms with van der Waals surface area (Å²) in [5.41, 5.74) is -0.0814. The number of hydrogen-bond donors (Lipinski definition) is 0. The standard InChI is InChI=1S/C7H6N2O4.C3H6O/c1-5-2-3-6(8(10)11)4-7(5)9(12)13;1-3(2)4/h2-4H,1H3;1-2H3. The van der Waals surface area contributed by atoms with Gasteiger partial charge in [0.2, 0.25) is 0 Å². The summed E-state index contributed by atoms with van der Waals surface area (Å²) in [7, 11) is 0. The summed E-state index contributed by atoms with van der Waals surface area (Å²) in [6, 6.07) is 3.55. The summed E-state index contributed by atoms with van der Waals surface area (Å²) >= 11 is 0. The molecule has 7 heteroatoms. The number of Topliss-reactive ketones (excluding diaryl/α,β-unsaturated/α-hetero) is 1. The SMILES string of the molecule is CC(C)=O.Cc1ccc([N+](=O)[O-])cc1[N+](=O)[O-]. The van der Waals surface area contributed by atoms with E-state index in [0.717, 1.165) is 6.07 Å². The maximum Gasteiger partial charge on any atom is 0.279 e. The van der Waals surface area contributed by atoms with Crippen LogP contribution in [0.1, 0.15) is 19.4 Å². The van der Waals surface area contributed by atoms with Crippen LogP contribution in [0.2, 0.25) is 0 Å². The molecule has 0 spiro atoms. The minimum atomic E-state index is -0.660. The smallest absolute Gasteiger partial charge is 0.279 e. The van der Waals surface area contributed by atoms with Crippen molar-refractivity contribution in [2.24, 2.45) is 0 Å². The van der Waals surface area contributed by atoms with Crippen molar-refractivity contribution in [1.82, 2.24) is 0 Å². The first-order valence-corrected chi connectivity index (χ1v) is 4.62. The van der Waals surface area contributed by atoms with Crippen LogP contribution in [-0.2, 0) is 4.79 Å². The summed E-state index contributed by atoms with van der Waals surface area (Å²) in [5.74, 6) is 0.167. The highest BCUT2D eigenvalue weighted by molar-refractivity contribution is 5.72. The lowest BCUT2D eigenvalue weighted by Crippen LogP contribution is -1.94. The Balaban J connectivity index is 0.000000557. The van der Waals surface area contributed by atoms with E-state index in [1.807, 2.05) is 0 Å². The Morgan fingerprint density at radius 1 is 1.12 bits per heavy atom. The first-order valence-electron chi connectivity index (χ1n) is 4.62. The van der Waals surface area contributed by atoms with E-state index in [1.165, 1.54) is 32.9 Å². The Labute approximate surface area is 97.4 Å². The van der Waals surface area contributed by atoms with Crippen LogP contribution in [0.3, 0.4) is 0 Å². The summed E-state index contributed by atoms with van der Waals surface area (Å²) in [6.45, 7) is 4.59. The largest absolute Gasteiger partial charge is 0.300 e. The molecule has 0 bridgehead atoms. The number of ketones is 1. The number of benzene rings is 1. The van der Waals surface area contributed by atoms with Gasteiger partial charge in [-0.15, -0.1) is 0 Å². The van der Waals surface area contributed by atoms with Crippen molar-refractivity contribution in [2.75, 3.05) is 0 Å². The zero-order chi connectivity index (χ0) is 13.6. The molecule has 0 saturated heterocycles. The van der Waals surface area contributed by atoms with Gasteiger partial charge in [-0.05, 0) is 26.8 Å². The first kappa shape index (κ1) is 14.7. The van der Waals surface area contributed by atoms with E-state index in [1.54, 1.807) is 0 Å². The molecule has 0 aliphatic carbocycles. The highest BCUT2D eigenvalue weighted by atomic mass is 16.6. The molecule has 0 aromatic heterocycles. The molecule has 0 atom stereocenters. The summed E-state index contributed by atoms with van der Waals surface area (Å²) in [6.07, 6.45) is 0. The van der Waals surface area contributed by atoms with Crippen LogP contribution >= 0.6 is 0 Å². The maximum absolute atomic E-state index is 10.4. The monoisotopic (exact) mass is 240 g/mol. The second-order valence-corrected chi connectivity index (χ2v) is 3.39. The zero-order valence-corrected chi connectivity index (χ0v) is 9.67. The molecular formula is C10H12N2O5. The van der Waals surface area contributed by atoms with Crippen LogP contribution in [0.5, 0.6) is 0 Å². The molecule has 0 amide bonds. The van der Waals surface area contributed by atoms with Crippen LogP contribution in [0.15, 0.2) is 18.2 Å². The normalized spacial score (nSPS) is 8.88. The number of nitro benzene ring substituents is 2. The van der Waals surface area contributed by atoms with Gasteiger partial charge in [0.1, 0.15) is 5.78 Å². The average Bonchev–Trinajstić information content (AvgIpc) is 2.16. The third-order valence-electron chi connectivity index (χ3n) is 1.60. The van der Waals surface area contributed by atoms with E-state index < -0.39 is 9.85 Å². The number of rotatable bonds is 2. The molecule has 0 radical (unpaired) electrons. The van der Waals surface area contributed by atoms with Gasteiger partial charge in [0, 0.05) is 11.6 Å². The Bertz CT molecular complexity index is 452. The highest BCUT2D eigenvalue weighted by Crippen LogP contribution is 2.23. The third-order valence-corrected chi connectivity index (χ3v) is 1.60. The predicted molar refractivity (Wildman–Crippen MR) is 60.8 cm³/mol. The maximum atomic E-state index is 10.4. The van der Waals surface area contributed by atoms with Gasteiger partial charge >= 0.3 is 0 Å². The molecule has 0 aliphatic rings. The van der Waals surface area contributed by atoms with Crippen LogP contribution in [0.4, 0.5) is 11.4 Å². The fraction of sp³-hybridized carbons (Fsp3) is 0.300. The molecule has 0 N–H and O–H groups in total. The van der Waals surface area contributed by atoms with Gasteiger partial charge in [-0.3, -0.25) is 20.2 Å². The van der Waals surface area contributed by atoms with Gasteiger partial charge in [0.05, 0.1) is 15.9 Å². The van der Waals surface area contributed by atoms with Gasteiger partial charge in [-0.25, -0.2) is 0 Å². The van der Waals surface area contributed by atoms with Crippen molar-refractivity contribution in [1.29, 1.82) is 0 Å². The van der Waals surface area contributed by atoms with E-state index >= 15 is 0 Å². The van der Waals surface area contributed by atoms with Crippen molar-refractivity contribution in [3.8, 4) is 0 Å². The predicted octanol–water partition coefficient (Wildman–Crippen LogP) is 2.41. The van der Waals surface area contributed by atoms with E-state index in [0.29, 0.717) is 5.56 Å². The molecule has 0 heterocycles. The molecule has 1 aromatic carbocycles. The molecule has 0 aliphatic heterocycles. The van der Waals surface area contributed by atoms with Crippen molar-refractivity contribution >= 4 is 17.2 Å². The molecule has 0 unspecified atom stereocenters. The van der Waals surface area contributed by atoms with Crippen molar-refractivity contribution < 1.29 is 14.6 Å². The second-order valence-electron chi connectivity index (χ2n) is 3.39. The number of nitro groups is 2. The lowest BCUT2D eigenvalue weighted by atomic mass is 10.2. The number of carbonyl (C=O) groups is 1. The third kappa shape index (κ3) is 5.36. The fourth-order valence-corrected chi connectivity index (χ4v) is 0.908. The quantitative estimate of drug-likeness (QED) is 0.583. The molecule has 92 valence electrons. The Morgan fingerprint density at radius 2 is 1.59 bits per heavy atom. The Hall–Kier alpha value is -2.31. The topological polar surface area (TPSA) is 103 Å². The minimum Gasteiger partial charge on any atom is -0.300 e. The first-order chi connectivity index (χ1) is 7.75. The number of aryl methyl sites for hydroxylation is 1. The van der Waals surface area contributed by atoms with E-state index in [4.69, 9.17) is 0 Å². The van der Waals surface area contributed by atoms with Crippen molar-refractivity contribution in [3.63, 3.8) is 0 Å². The molecule has 0 fully saturated rings. The summed E-state index contributed by atoms with van der Waals surface area (Å²) in [4.78, 5) is 28.8. The average molecular weight is 240 g/mol. The van der Waals surface area contributed by atoms with Crippen LogP contribution in [-0.4, -0.2) is 15.6 Å². The van der Waals surface area contributed by atoms with Gasteiger partial charge in [0.15, 0.2) is 0 Å². The summed E-state index contributed by atoms with van der Waals surface area (Å²) in [5, 5.41) is 20.6. The Kier molecular flexibility index (Phi) is 5.45. The van der Waals surface area contributed by atoms with Gasteiger partial charge in [0.25, 0.3) is 11.4 Å². The van der Waals surface area contributed by atoms with E-state index in [-0.39, 0.29) is 17.2 Å². The number of non-ortho nitro benzene ring substituents is 1. The molecule has 1 rings (SSSR count). The molecule has 17 heavy (non-hydrogen) atoms. The van der Waals surface area contributed by atoms with E-state index in [2.05, 4.69) is 0 Å². The van der Waals surface area contributed by atoms with Crippen LogP contribution in [0, 0.1) is 27.2 Å². The molecular weight excluding hydrogens is 228 g/mol. The van der Waals surface area contributed by atoms with Gasteiger partial charge in [-0.1, -0.05) is 0 Å². The lowest BCUT2D eigenvalue weighted by Gasteiger charge is -1.95. The number of carbonyl (C=O) groups excluding carboxylic acids is 1. The van der Waals surface area contributed by atoms with Gasteiger partial charge < -0.3 is 4.79 Å². The number of hydrogen-bond acceptors (Lipinski definition) is 5. The second kappa shape index (κ2) is 6.31.